The minimum atomic E-state index is -1.02. The number of hydrogen-bond acceptors (Lipinski definition) is 6. The van der Waals surface area contributed by atoms with E-state index in [1.54, 1.807) is 6.92 Å². The smallest absolute Gasteiger partial charge is 0.374 e. The summed E-state index contributed by atoms with van der Waals surface area (Å²) in [5.74, 6) is -2.00. The molecular formula is C13H21NO5S. The minimum absolute atomic E-state index is 0.0574. The van der Waals surface area contributed by atoms with Crippen molar-refractivity contribution in [3.63, 3.8) is 0 Å². The zero-order valence-corrected chi connectivity index (χ0v) is 13.0. The van der Waals surface area contributed by atoms with Crippen LogP contribution in [0.2, 0.25) is 0 Å². The summed E-state index contributed by atoms with van der Waals surface area (Å²) in [6.07, 6.45) is 0.265. The van der Waals surface area contributed by atoms with Crippen molar-refractivity contribution in [2.75, 3.05) is 13.7 Å². The average molecular weight is 303 g/mol. The number of ether oxygens (including phenoxy) is 1. The van der Waals surface area contributed by atoms with Crippen LogP contribution in [0.15, 0.2) is 0 Å². The second kappa shape index (κ2) is 9.52. The van der Waals surface area contributed by atoms with Crippen LogP contribution in [0.25, 0.3) is 0 Å². The lowest BCUT2D eigenvalue weighted by Crippen LogP contribution is -2.33. The molecule has 0 aromatic rings. The van der Waals surface area contributed by atoms with E-state index in [1.165, 1.54) is 0 Å². The highest BCUT2D eigenvalue weighted by Crippen LogP contribution is 2.13. The Morgan fingerprint density at radius 1 is 1.20 bits per heavy atom. The van der Waals surface area contributed by atoms with Gasteiger partial charge < -0.3 is 10.1 Å². The van der Waals surface area contributed by atoms with Crippen LogP contribution >= 0.6 is 11.8 Å². The van der Waals surface area contributed by atoms with Crippen molar-refractivity contribution in [1.29, 1.82) is 0 Å². The molecule has 7 heteroatoms. The monoisotopic (exact) mass is 303 g/mol. The fourth-order valence-electron chi connectivity index (χ4n) is 1.23. The highest BCUT2D eigenvalue weighted by Gasteiger charge is 2.20. The first-order valence-corrected chi connectivity index (χ1v) is 7.28. The van der Waals surface area contributed by atoms with E-state index in [2.05, 4.69) is 10.1 Å². The van der Waals surface area contributed by atoms with Crippen LogP contribution in [0.4, 0.5) is 0 Å². The van der Waals surface area contributed by atoms with E-state index >= 15 is 0 Å². The topological polar surface area (TPSA) is 89.5 Å². The highest BCUT2D eigenvalue weighted by atomic mass is 32.2. The summed E-state index contributed by atoms with van der Waals surface area (Å²) in [6.45, 7) is 5.85. The zero-order chi connectivity index (χ0) is 15.7. The van der Waals surface area contributed by atoms with Gasteiger partial charge in [0, 0.05) is 17.7 Å². The predicted molar refractivity (Wildman–Crippen MR) is 76.2 cm³/mol. The van der Waals surface area contributed by atoms with Gasteiger partial charge in [-0.15, -0.1) is 0 Å². The molecule has 0 fully saturated rings. The van der Waals surface area contributed by atoms with Crippen LogP contribution < -0.4 is 5.32 Å². The molecule has 114 valence electrons. The maximum absolute atomic E-state index is 11.5. The van der Waals surface area contributed by atoms with E-state index in [0.29, 0.717) is 6.54 Å². The van der Waals surface area contributed by atoms with Crippen LogP contribution in [0.1, 0.15) is 33.6 Å². The first-order chi connectivity index (χ1) is 9.31. The third-order valence-electron chi connectivity index (χ3n) is 2.67. The van der Waals surface area contributed by atoms with Gasteiger partial charge >= 0.3 is 5.97 Å². The summed E-state index contributed by atoms with van der Waals surface area (Å²) in [7, 11) is 1.09. The Morgan fingerprint density at radius 2 is 1.80 bits per heavy atom. The van der Waals surface area contributed by atoms with Gasteiger partial charge in [0.1, 0.15) is 0 Å². The Hall–Kier alpha value is -1.37. The molecule has 0 aliphatic rings. The zero-order valence-electron chi connectivity index (χ0n) is 12.2. The number of nitrogens with one attached hydrogen (secondary N) is 1. The molecule has 0 aromatic heterocycles. The van der Waals surface area contributed by atoms with Gasteiger partial charge in [0.2, 0.25) is 11.7 Å². The lowest BCUT2D eigenvalue weighted by molar-refractivity contribution is -0.152. The predicted octanol–water partition coefficient (Wildman–Crippen LogP) is 0.929. The average Bonchev–Trinajstić information content (AvgIpc) is 2.42. The summed E-state index contributed by atoms with van der Waals surface area (Å²) in [5, 5.41) is 2.16. The molecule has 0 heterocycles. The first-order valence-electron chi connectivity index (χ1n) is 6.40. The molecule has 6 nitrogen and oxygen atoms in total. The molecule has 0 aliphatic carbocycles. The van der Waals surface area contributed by atoms with Crippen LogP contribution in [-0.4, -0.2) is 41.7 Å². The molecule has 2 atom stereocenters. The quantitative estimate of drug-likeness (QED) is 0.407. The Bertz CT molecular complexity index is 383. The Balaban J connectivity index is 4.05. The fraction of sp³-hybridized carbons (Fsp3) is 0.692. The number of methoxy groups -OCH3 is 1. The Labute approximate surface area is 123 Å². The molecule has 1 amide bonds. The molecule has 1 N–H and O–H groups in total. The van der Waals surface area contributed by atoms with Crippen LogP contribution in [0.5, 0.6) is 0 Å². The van der Waals surface area contributed by atoms with Gasteiger partial charge in [-0.05, 0) is 6.42 Å². The number of amides is 1. The van der Waals surface area contributed by atoms with E-state index < -0.39 is 23.3 Å². The van der Waals surface area contributed by atoms with Gasteiger partial charge in [-0.3, -0.25) is 14.4 Å². The summed E-state index contributed by atoms with van der Waals surface area (Å²) >= 11 is 0.935. The van der Waals surface area contributed by atoms with Crippen molar-refractivity contribution in [3.05, 3.63) is 0 Å². The van der Waals surface area contributed by atoms with Crippen molar-refractivity contribution < 1.29 is 23.9 Å². The van der Waals surface area contributed by atoms with Crippen LogP contribution in [-0.2, 0) is 23.9 Å². The van der Waals surface area contributed by atoms with Gasteiger partial charge in [0.05, 0.1) is 13.5 Å². The van der Waals surface area contributed by atoms with Gasteiger partial charge in [-0.2, -0.15) is 0 Å². The third-order valence-corrected chi connectivity index (χ3v) is 3.65. The summed E-state index contributed by atoms with van der Waals surface area (Å²) < 4.78 is 4.23. The molecule has 20 heavy (non-hydrogen) atoms. The minimum Gasteiger partial charge on any atom is -0.463 e. The van der Waals surface area contributed by atoms with Gasteiger partial charge in [-0.25, -0.2) is 4.79 Å². The lowest BCUT2D eigenvalue weighted by atomic mass is 10.1. The second-order valence-corrected chi connectivity index (χ2v) is 5.94. The van der Waals surface area contributed by atoms with Crippen molar-refractivity contribution in [1.82, 2.24) is 5.32 Å². The van der Waals surface area contributed by atoms with Crippen LogP contribution in [0.3, 0.4) is 0 Å². The SMILES string of the molecule is CCC(C)C(=O)NCC(C)SC(=O)CC(=O)C(=O)OC. The van der Waals surface area contributed by atoms with Gasteiger partial charge in [0.25, 0.3) is 0 Å². The molecule has 0 aromatic carbocycles. The third kappa shape index (κ3) is 7.28. The number of carbonyl (C=O) groups is 4. The number of esters is 1. The van der Waals surface area contributed by atoms with Gasteiger partial charge in [0.15, 0.2) is 5.12 Å². The number of rotatable bonds is 8. The summed E-state index contributed by atoms with van der Waals surface area (Å²) in [5.41, 5.74) is 0. The molecule has 0 spiro atoms. The molecule has 0 aliphatic heterocycles. The molecule has 0 rings (SSSR count). The molecule has 0 radical (unpaired) electrons. The summed E-state index contributed by atoms with van der Waals surface area (Å²) in [4.78, 5) is 45.1. The number of hydrogen-bond donors (Lipinski definition) is 1. The fourth-order valence-corrected chi connectivity index (χ4v) is 2.06. The molecule has 2 unspecified atom stereocenters. The second-order valence-electron chi connectivity index (χ2n) is 4.45. The van der Waals surface area contributed by atoms with E-state index in [-0.39, 0.29) is 17.1 Å². The molecular weight excluding hydrogens is 282 g/mol. The standard InChI is InChI=1S/C13H21NO5S/c1-5-8(2)12(17)14-7-9(3)20-11(16)6-10(15)13(18)19-4/h8-9H,5-7H2,1-4H3,(H,14,17). The number of ketones is 1. The highest BCUT2D eigenvalue weighted by molar-refractivity contribution is 8.14. The Morgan fingerprint density at radius 3 is 2.30 bits per heavy atom. The molecule has 0 saturated carbocycles. The summed E-state index contributed by atoms with van der Waals surface area (Å²) in [6, 6.07) is 0. The van der Waals surface area contributed by atoms with E-state index in [0.717, 1.165) is 25.3 Å². The van der Waals surface area contributed by atoms with E-state index in [9.17, 15) is 19.2 Å². The van der Waals surface area contributed by atoms with Crippen LogP contribution in [0, 0.1) is 5.92 Å². The maximum Gasteiger partial charge on any atom is 0.374 e. The Kier molecular flexibility index (Phi) is 8.87. The first kappa shape index (κ1) is 18.6. The number of carbonyl (C=O) groups excluding carboxylic acids is 4. The van der Waals surface area contributed by atoms with Crippen molar-refractivity contribution >= 4 is 34.5 Å². The van der Waals surface area contributed by atoms with Gasteiger partial charge in [-0.1, -0.05) is 32.5 Å². The lowest BCUT2D eigenvalue weighted by Gasteiger charge is -2.13. The van der Waals surface area contributed by atoms with Crippen molar-refractivity contribution in [2.24, 2.45) is 5.92 Å². The van der Waals surface area contributed by atoms with E-state index in [4.69, 9.17) is 0 Å². The van der Waals surface area contributed by atoms with E-state index in [1.807, 2.05) is 13.8 Å². The number of Topliss-reactive ketones (excluding diaryl/α,β-unsaturated/α-hetero) is 1. The molecule has 0 bridgehead atoms. The van der Waals surface area contributed by atoms with Crippen molar-refractivity contribution in [2.45, 2.75) is 38.9 Å². The molecule has 0 saturated heterocycles. The maximum atomic E-state index is 11.5. The van der Waals surface area contributed by atoms with Crippen molar-refractivity contribution in [3.8, 4) is 0 Å². The normalized spacial score (nSPS) is 13.2. The largest absolute Gasteiger partial charge is 0.463 e. The number of thioether (sulfide) groups is 1.